The Bertz CT molecular complexity index is 894. The summed E-state index contributed by atoms with van der Waals surface area (Å²) in [6, 6.07) is 5.43. The van der Waals surface area contributed by atoms with E-state index in [0.717, 1.165) is 47.4 Å². The summed E-state index contributed by atoms with van der Waals surface area (Å²) in [6.07, 6.45) is 3.03. The average molecular weight is 423 g/mol. The molecule has 1 saturated carbocycles. The van der Waals surface area contributed by atoms with Gasteiger partial charge in [0.15, 0.2) is 6.17 Å². The predicted molar refractivity (Wildman–Crippen MR) is 111 cm³/mol. The number of carbonyl (C=O) groups is 2. The Morgan fingerprint density at radius 1 is 1.07 bits per heavy atom. The molecule has 3 rings (SSSR count). The van der Waals surface area contributed by atoms with Crippen molar-refractivity contribution in [2.75, 3.05) is 19.3 Å². The molecule has 1 atom stereocenters. The molecule has 1 aromatic carbocycles. The molecule has 0 spiro atoms. The second-order valence-corrected chi connectivity index (χ2v) is 10.1. The SMILES string of the molecule is Cc1ccc(C(=O)N2CCN(S(C)(=O)=O)C2C(=O)NC2CCC(N)CC2)cc1C. The molecular weight excluding hydrogens is 392 g/mol. The van der Waals surface area contributed by atoms with Crippen LogP contribution in [0.25, 0.3) is 0 Å². The van der Waals surface area contributed by atoms with Gasteiger partial charge in [0.1, 0.15) is 0 Å². The number of nitrogens with zero attached hydrogens (tertiary/aromatic N) is 2. The fourth-order valence-corrected chi connectivity index (χ4v) is 5.00. The zero-order chi connectivity index (χ0) is 21.3. The van der Waals surface area contributed by atoms with E-state index in [1.807, 2.05) is 19.9 Å². The molecule has 3 N–H and O–H groups in total. The van der Waals surface area contributed by atoms with Crippen molar-refractivity contribution >= 4 is 21.8 Å². The molecule has 9 heteroatoms. The van der Waals surface area contributed by atoms with Gasteiger partial charge < -0.3 is 16.0 Å². The van der Waals surface area contributed by atoms with Crippen molar-refractivity contribution in [3.05, 3.63) is 34.9 Å². The summed E-state index contributed by atoms with van der Waals surface area (Å²) in [4.78, 5) is 27.6. The monoisotopic (exact) mass is 422 g/mol. The van der Waals surface area contributed by atoms with Crippen LogP contribution in [0, 0.1) is 13.8 Å². The lowest BCUT2D eigenvalue weighted by molar-refractivity contribution is -0.128. The summed E-state index contributed by atoms with van der Waals surface area (Å²) in [5.74, 6) is -0.796. The van der Waals surface area contributed by atoms with Gasteiger partial charge in [0.25, 0.3) is 11.8 Å². The van der Waals surface area contributed by atoms with Crippen LogP contribution in [0.15, 0.2) is 18.2 Å². The maximum atomic E-state index is 13.1. The third kappa shape index (κ3) is 4.79. The fraction of sp³-hybridized carbons (Fsp3) is 0.600. The number of carbonyl (C=O) groups excluding carboxylic acids is 2. The van der Waals surface area contributed by atoms with Crippen LogP contribution in [0.4, 0.5) is 0 Å². The smallest absolute Gasteiger partial charge is 0.259 e. The molecule has 0 aromatic heterocycles. The first-order valence-corrected chi connectivity index (χ1v) is 11.8. The number of aryl methyl sites for hydroxylation is 2. The van der Waals surface area contributed by atoms with Gasteiger partial charge in [-0.3, -0.25) is 9.59 Å². The predicted octanol–water partition coefficient (Wildman–Crippen LogP) is 0.733. The highest BCUT2D eigenvalue weighted by molar-refractivity contribution is 7.88. The minimum Gasteiger partial charge on any atom is -0.350 e. The van der Waals surface area contributed by atoms with Gasteiger partial charge in [0.05, 0.1) is 6.26 Å². The van der Waals surface area contributed by atoms with Crippen molar-refractivity contribution in [1.82, 2.24) is 14.5 Å². The minimum atomic E-state index is -3.65. The summed E-state index contributed by atoms with van der Waals surface area (Å²) in [6.45, 7) is 4.14. The highest BCUT2D eigenvalue weighted by Crippen LogP contribution is 2.23. The lowest BCUT2D eigenvalue weighted by atomic mass is 9.92. The maximum Gasteiger partial charge on any atom is 0.259 e. The van der Waals surface area contributed by atoms with E-state index < -0.39 is 22.1 Å². The standard InChI is InChI=1S/C20H30N4O4S/c1-13-4-5-15(12-14(13)2)20(26)23-10-11-24(29(3,27)28)19(23)18(25)22-17-8-6-16(21)7-9-17/h4-5,12,16-17,19H,6-11,21H2,1-3H3,(H,22,25). The quantitative estimate of drug-likeness (QED) is 0.743. The third-order valence-electron chi connectivity index (χ3n) is 5.92. The minimum absolute atomic E-state index is 0.0529. The molecule has 1 heterocycles. The molecule has 2 amide bonds. The van der Waals surface area contributed by atoms with Gasteiger partial charge in [-0.1, -0.05) is 6.07 Å². The van der Waals surface area contributed by atoms with Crippen molar-refractivity contribution in [1.29, 1.82) is 0 Å². The van der Waals surface area contributed by atoms with E-state index in [0.29, 0.717) is 5.56 Å². The van der Waals surface area contributed by atoms with Crippen LogP contribution in [0.1, 0.15) is 47.2 Å². The Kier molecular flexibility index (Phi) is 6.30. The highest BCUT2D eigenvalue weighted by atomic mass is 32.2. The number of hydrogen-bond donors (Lipinski definition) is 2. The Balaban J connectivity index is 1.84. The average Bonchev–Trinajstić information content (AvgIpc) is 3.11. The first-order valence-electron chi connectivity index (χ1n) is 9.99. The summed E-state index contributed by atoms with van der Waals surface area (Å²) < 4.78 is 25.7. The van der Waals surface area contributed by atoms with E-state index >= 15 is 0 Å². The van der Waals surface area contributed by atoms with Crippen molar-refractivity contribution in [2.24, 2.45) is 5.73 Å². The zero-order valence-corrected chi connectivity index (χ0v) is 18.0. The topological polar surface area (TPSA) is 113 Å². The molecule has 0 radical (unpaired) electrons. The number of nitrogens with one attached hydrogen (secondary N) is 1. The largest absolute Gasteiger partial charge is 0.350 e. The molecule has 29 heavy (non-hydrogen) atoms. The molecular formula is C20H30N4O4S. The molecule has 1 aliphatic heterocycles. The Morgan fingerprint density at radius 3 is 2.31 bits per heavy atom. The number of amides is 2. The number of benzene rings is 1. The van der Waals surface area contributed by atoms with Crippen molar-refractivity contribution < 1.29 is 18.0 Å². The van der Waals surface area contributed by atoms with E-state index in [2.05, 4.69) is 5.32 Å². The highest BCUT2D eigenvalue weighted by Gasteiger charge is 2.45. The van der Waals surface area contributed by atoms with Crippen LogP contribution < -0.4 is 11.1 Å². The Morgan fingerprint density at radius 2 is 1.72 bits per heavy atom. The van der Waals surface area contributed by atoms with E-state index in [1.54, 1.807) is 12.1 Å². The van der Waals surface area contributed by atoms with Gasteiger partial charge in [0.2, 0.25) is 10.0 Å². The molecule has 160 valence electrons. The second-order valence-electron chi connectivity index (χ2n) is 8.17. The number of sulfonamides is 1. The molecule has 1 aromatic rings. The molecule has 8 nitrogen and oxygen atoms in total. The van der Waals surface area contributed by atoms with Gasteiger partial charge in [-0.15, -0.1) is 0 Å². The van der Waals surface area contributed by atoms with Gasteiger partial charge in [-0.05, 0) is 62.8 Å². The third-order valence-corrected chi connectivity index (χ3v) is 7.16. The lowest BCUT2D eigenvalue weighted by Crippen LogP contribution is -2.55. The van der Waals surface area contributed by atoms with E-state index in [4.69, 9.17) is 5.73 Å². The summed E-state index contributed by atoms with van der Waals surface area (Å²) in [5, 5.41) is 2.95. The number of nitrogens with two attached hydrogens (primary N) is 1. The van der Waals surface area contributed by atoms with Crippen LogP contribution in [0.3, 0.4) is 0 Å². The van der Waals surface area contributed by atoms with Crippen molar-refractivity contribution in [3.63, 3.8) is 0 Å². The molecule has 2 fully saturated rings. The first-order chi connectivity index (χ1) is 13.6. The Labute approximate surface area is 172 Å². The molecule has 2 aliphatic rings. The van der Waals surface area contributed by atoms with Crippen molar-refractivity contribution in [2.45, 2.75) is 57.8 Å². The van der Waals surface area contributed by atoms with E-state index in [9.17, 15) is 18.0 Å². The summed E-state index contributed by atoms with van der Waals surface area (Å²) in [5.41, 5.74) is 8.40. The number of hydrogen-bond acceptors (Lipinski definition) is 5. The van der Waals surface area contributed by atoms with Gasteiger partial charge >= 0.3 is 0 Å². The summed E-state index contributed by atoms with van der Waals surface area (Å²) >= 11 is 0. The van der Waals surface area contributed by atoms with Gasteiger partial charge in [-0.25, -0.2) is 8.42 Å². The molecule has 0 bridgehead atoms. The molecule has 1 unspecified atom stereocenters. The maximum absolute atomic E-state index is 13.1. The van der Waals surface area contributed by atoms with E-state index in [-0.39, 0.29) is 31.1 Å². The van der Waals surface area contributed by atoms with Gasteiger partial charge in [0, 0.05) is 30.7 Å². The van der Waals surface area contributed by atoms with E-state index in [1.165, 1.54) is 4.90 Å². The van der Waals surface area contributed by atoms with Crippen LogP contribution in [-0.4, -0.2) is 67.0 Å². The molecule has 1 saturated heterocycles. The van der Waals surface area contributed by atoms with Crippen LogP contribution in [-0.2, 0) is 14.8 Å². The molecule has 1 aliphatic carbocycles. The van der Waals surface area contributed by atoms with Crippen molar-refractivity contribution in [3.8, 4) is 0 Å². The summed E-state index contributed by atoms with van der Waals surface area (Å²) in [7, 11) is -3.65. The van der Waals surface area contributed by atoms with Crippen LogP contribution in [0.5, 0.6) is 0 Å². The number of rotatable bonds is 4. The zero-order valence-electron chi connectivity index (χ0n) is 17.2. The first kappa shape index (κ1) is 21.7. The second kappa shape index (κ2) is 8.41. The van der Waals surface area contributed by atoms with Crippen LogP contribution in [0.2, 0.25) is 0 Å². The normalized spacial score (nSPS) is 25.8. The van der Waals surface area contributed by atoms with Gasteiger partial charge in [-0.2, -0.15) is 4.31 Å². The van der Waals surface area contributed by atoms with Crippen LogP contribution >= 0.6 is 0 Å². The Hall–Kier alpha value is -1.97. The fourth-order valence-electron chi connectivity index (χ4n) is 4.02. The lowest BCUT2D eigenvalue weighted by Gasteiger charge is -2.32.